The fraction of sp³-hybridized carbons (Fsp3) is 0.500. The summed E-state index contributed by atoms with van der Waals surface area (Å²) in [6, 6.07) is 4.03. The molecule has 0 bridgehead atoms. The molecular formula is C16H24Cl2N4O. The molecule has 0 aliphatic heterocycles. The van der Waals surface area contributed by atoms with Gasteiger partial charge in [-0.1, -0.05) is 12.5 Å². The van der Waals surface area contributed by atoms with Crippen LogP contribution in [-0.4, -0.2) is 21.8 Å². The van der Waals surface area contributed by atoms with Gasteiger partial charge in [0.2, 0.25) is 5.91 Å². The quantitative estimate of drug-likeness (QED) is 0.881. The van der Waals surface area contributed by atoms with Crippen molar-refractivity contribution in [3.05, 3.63) is 35.8 Å². The molecule has 2 heterocycles. The summed E-state index contributed by atoms with van der Waals surface area (Å²) in [4.78, 5) is 16.8. The number of aromatic nitrogens is 2. The van der Waals surface area contributed by atoms with Gasteiger partial charge in [-0.05, 0) is 43.9 Å². The minimum atomic E-state index is 0. The number of aryl methyl sites for hydroxylation is 1. The van der Waals surface area contributed by atoms with E-state index in [1.54, 1.807) is 0 Å². The summed E-state index contributed by atoms with van der Waals surface area (Å²) in [6.45, 7) is 3.12. The summed E-state index contributed by atoms with van der Waals surface area (Å²) >= 11 is 0. The molecule has 1 amide bonds. The number of nitrogens with one attached hydrogen (secondary N) is 1. The zero-order valence-electron chi connectivity index (χ0n) is 13.2. The van der Waals surface area contributed by atoms with Gasteiger partial charge < -0.3 is 15.5 Å². The van der Waals surface area contributed by atoms with Crippen LogP contribution in [-0.2, 0) is 11.3 Å². The lowest BCUT2D eigenvalue weighted by Crippen LogP contribution is -2.34. The summed E-state index contributed by atoms with van der Waals surface area (Å²) in [6.07, 6.45) is 7.08. The number of amides is 1. The number of hydrogen-bond acceptors (Lipinski definition) is 3. The highest BCUT2D eigenvalue weighted by atomic mass is 35.5. The number of rotatable bonds is 4. The molecule has 3 N–H and O–H groups in total. The van der Waals surface area contributed by atoms with Gasteiger partial charge in [-0.2, -0.15) is 0 Å². The maximum Gasteiger partial charge on any atom is 0.223 e. The summed E-state index contributed by atoms with van der Waals surface area (Å²) in [5, 5.41) is 3.02. The van der Waals surface area contributed by atoms with Crippen molar-refractivity contribution in [1.29, 1.82) is 0 Å². The number of fused-ring (bicyclic) bond motifs is 1. The van der Waals surface area contributed by atoms with E-state index in [9.17, 15) is 4.79 Å². The van der Waals surface area contributed by atoms with E-state index in [0.717, 1.165) is 36.2 Å². The van der Waals surface area contributed by atoms with Gasteiger partial charge in [0, 0.05) is 18.3 Å². The van der Waals surface area contributed by atoms with Crippen LogP contribution in [0.4, 0.5) is 0 Å². The molecule has 23 heavy (non-hydrogen) atoms. The Bertz CT molecular complexity index is 659. The molecule has 1 fully saturated rings. The topological polar surface area (TPSA) is 72.4 Å². The van der Waals surface area contributed by atoms with Gasteiger partial charge in [0.05, 0.1) is 12.2 Å². The standard InChI is InChI=1S/C16H22N4O.2ClH/c1-11-4-3-7-20-10-13(19-15(11)20)9-18-16(21)14-6-2-5-12(14)8-17;;/h3-4,7,10,12,14H,2,5-6,8-9,17H2,1H3,(H,18,21);2*1H/t12-,14-;;/m1../s1. The van der Waals surface area contributed by atoms with Crippen LogP contribution in [0.25, 0.3) is 5.65 Å². The second-order valence-electron chi connectivity index (χ2n) is 5.91. The first-order valence-corrected chi connectivity index (χ1v) is 7.60. The van der Waals surface area contributed by atoms with Crippen LogP contribution in [0.3, 0.4) is 0 Å². The first-order chi connectivity index (χ1) is 10.2. The summed E-state index contributed by atoms with van der Waals surface area (Å²) < 4.78 is 2.00. The summed E-state index contributed by atoms with van der Waals surface area (Å²) in [7, 11) is 0. The van der Waals surface area contributed by atoms with E-state index in [1.165, 1.54) is 0 Å². The van der Waals surface area contributed by atoms with E-state index < -0.39 is 0 Å². The third-order valence-electron chi connectivity index (χ3n) is 4.47. The molecule has 0 aromatic carbocycles. The Kier molecular flexibility index (Phi) is 7.32. The Hall–Kier alpha value is -1.30. The monoisotopic (exact) mass is 358 g/mol. The van der Waals surface area contributed by atoms with Crippen molar-refractivity contribution in [2.75, 3.05) is 6.54 Å². The third kappa shape index (κ3) is 4.16. The number of pyridine rings is 1. The first-order valence-electron chi connectivity index (χ1n) is 7.60. The Balaban J connectivity index is 0.00000132. The highest BCUT2D eigenvalue weighted by Crippen LogP contribution is 2.30. The van der Waals surface area contributed by atoms with Crippen molar-refractivity contribution in [3.63, 3.8) is 0 Å². The van der Waals surface area contributed by atoms with Gasteiger partial charge in [-0.3, -0.25) is 4.79 Å². The Morgan fingerprint density at radius 2 is 2.22 bits per heavy atom. The van der Waals surface area contributed by atoms with Gasteiger partial charge in [-0.25, -0.2) is 4.98 Å². The van der Waals surface area contributed by atoms with Gasteiger partial charge in [-0.15, -0.1) is 24.8 Å². The second kappa shape index (κ2) is 8.52. The molecule has 0 unspecified atom stereocenters. The minimum Gasteiger partial charge on any atom is -0.350 e. The van der Waals surface area contributed by atoms with E-state index in [-0.39, 0.29) is 36.6 Å². The van der Waals surface area contributed by atoms with Crippen LogP contribution in [0, 0.1) is 18.8 Å². The number of nitrogens with zero attached hydrogens (tertiary/aromatic N) is 2. The lowest BCUT2D eigenvalue weighted by atomic mass is 9.95. The molecule has 7 heteroatoms. The van der Waals surface area contributed by atoms with Crippen LogP contribution in [0.1, 0.15) is 30.5 Å². The minimum absolute atomic E-state index is 0. The maximum atomic E-state index is 12.3. The normalized spacial score (nSPS) is 19.9. The van der Waals surface area contributed by atoms with E-state index in [0.29, 0.717) is 19.0 Å². The van der Waals surface area contributed by atoms with Crippen molar-refractivity contribution >= 4 is 36.4 Å². The Labute approximate surface area is 148 Å². The predicted octanol–water partition coefficient (Wildman–Crippen LogP) is 2.48. The number of carbonyl (C=O) groups is 1. The van der Waals surface area contributed by atoms with Crippen LogP contribution in [0.2, 0.25) is 0 Å². The van der Waals surface area contributed by atoms with Crippen molar-refractivity contribution in [1.82, 2.24) is 14.7 Å². The molecule has 1 aliphatic carbocycles. The Morgan fingerprint density at radius 3 is 2.91 bits per heavy atom. The molecule has 2 aromatic heterocycles. The third-order valence-corrected chi connectivity index (χ3v) is 4.47. The van der Waals surface area contributed by atoms with E-state index >= 15 is 0 Å². The summed E-state index contributed by atoms with van der Waals surface area (Å²) in [5.41, 5.74) is 8.71. The van der Waals surface area contributed by atoms with Gasteiger partial charge in [0.15, 0.2) is 0 Å². The average molecular weight is 359 g/mol. The molecule has 3 rings (SSSR count). The average Bonchev–Trinajstić information content (AvgIpc) is 3.11. The number of halogens is 2. The van der Waals surface area contributed by atoms with Gasteiger partial charge >= 0.3 is 0 Å². The molecule has 2 atom stereocenters. The number of carbonyl (C=O) groups excluding carboxylic acids is 1. The predicted molar refractivity (Wildman–Crippen MR) is 96.2 cm³/mol. The van der Waals surface area contributed by atoms with Crippen molar-refractivity contribution in [2.24, 2.45) is 17.6 Å². The number of imidazole rings is 1. The fourth-order valence-electron chi connectivity index (χ4n) is 3.26. The molecular weight excluding hydrogens is 335 g/mol. The fourth-order valence-corrected chi connectivity index (χ4v) is 3.26. The van der Waals surface area contributed by atoms with E-state index in [1.807, 2.05) is 35.9 Å². The molecule has 2 aromatic rings. The van der Waals surface area contributed by atoms with Crippen molar-refractivity contribution in [3.8, 4) is 0 Å². The zero-order chi connectivity index (χ0) is 14.8. The van der Waals surface area contributed by atoms with Crippen molar-refractivity contribution < 1.29 is 4.79 Å². The Morgan fingerprint density at radius 1 is 1.43 bits per heavy atom. The molecule has 0 spiro atoms. The van der Waals surface area contributed by atoms with E-state index in [2.05, 4.69) is 10.3 Å². The van der Waals surface area contributed by atoms with Crippen LogP contribution >= 0.6 is 24.8 Å². The lowest BCUT2D eigenvalue weighted by molar-refractivity contribution is -0.126. The smallest absolute Gasteiger partial charge is 0.223 e. The van der Waals surface area contributed by atoms with E-state index in [4.69, 9.17) is 5.73 Å². The lowest BCUT2D eigenvalue weighted by Gasteiger charge is -2.16. The van der Waals surface area contributed by atoms with Gasteiger partial charge in [0.25, 0.3) is 0 Å². The van der Waals surface area contributed by atoms with Crippen LogP contribution in [0.5, 0.6) is 0 Å². The molecule has 1 saturated carbocycles. The van der Waals surface area contributed by atoms with Crippen LogP contribution < -0.4 is 11.1 Å². The number of hydrogen-bond donors (Lipinski definition) is 2. The molecule has 0 radical (unpaired) electrons. The molecule has 1 aliphatic rings. The highest BCUT2D eigenvalue weighted by Gasteiger charge is 2.31. The maximum absolute atomic E-state index is 12.3. The molecule has 0 saturated heterocycles. The number of nitrogens with two attached hydrogens (primary N) is 1. The molecule has 128 valence electrons. The zero-order valence-corrected chi connectivity index (χ0v) is 14.8. The van der Waals surface area contributed by atoms with Crippen molar-refractivity contribution in [2.45, 2.75) is 32.7 Å². The van der Waals surface area contributed by atoms with Crippen LogP contribution in [0.15, 0.2) is 24.5 Å². The second-order valence-corrected chi connectivity index (χ2v) is 5.91. The largest absolute Gasteiger partial charge is 0.350 e. The first kappa shape index (κ1) is 19.7. The van der Waals surface area contributed by atoms with Gasteiger partial charge in [0.1, 0.15) is 5.65 Å². The SMILES string of the molecule is Cc1cccn2cc(CNC(=O)[C@@H]3CCC[C@@H]3CN)nc12.Cl.Cl. The molecule has 5 nitrogen and oxygen atoms in total. The highest BCUT2D eigenvalue weighted by molar-refractivity contribution is 5.85. The summed E-state index contributed by atoms with van der Waals surface area (Å²) in [5.74, 6) is 0.541.